The van der Waals surface area contributed by atoms with E-state index in [0.29, 0.717) is 10.7 Å². The van der Waals surface area contributed by atoms with Crippen LogP contribution in [0.5, 0.6) is 5.75 Å². The average molecular weight is 599 g/mol. The molecule has 2 aromatic heterocycles. The van der Waals surface area contributed by atoms with Crippen LogP contribution in [0.25, 0.3) is 22.5 Å². The molecule has 3 N–H and O–H groups in total. The number of hydrogen-bond acceptors (Lipinski definition) is 6. The van der Waals surface area contributed by atoms with Gasteiger partial charge in [-0.2, -0.15) is 0 Å². The number of primary amides is 1. The summed E-state index contributed by atoms with van der Waals surface area (Å²) in [4.78, 5) is 35.8. The number of nitrogens with zero attached hydrogens (tertiary/aromatic N) is 2. The van der Waals surface area contributed by atoms with Crippen molar-refractivity contribution < 1.29 is 14.3 Å². The molecular weight excluding hydrogens is 556 g/mol. The van der Waals surface area contributed by atoms with Crippen molar-refractivity contribution in [3.63, 3.8) is 0 Å². The normalized spacial score (nSPS) is 12.1. The van der Waals surface area contributed by atoms with Gasteiger partial charge in [-0.25, -0.2) is 9.97 Å². The number of nitrogens with one attached hydrogen (secondary N) is 1. The Morgan fingerprint density at radius 3 is 2.12 bits per heavy atom. The van der Waals surface area contributed by atoms with E-state index >= 15 is 0 Å². The molecule has 4 rings (SSSR count). The largest absolute Gasteiger partial charge is 0.494 e. The molecule has 1 unspecified atom stereocenters. The van der Waals surface area contributed by atoms with Gasteiger partial charge in [0.25, 0.3) is 5.91 Å². The van der Waals surface area contributed by atoms with Crippen molar-refractivity contribution in [3.05, 3.63) is 88.4 Å². The van der Waals surface area contributed by atoms with Crippen molar-refractivity contribution >= 4 is 23.2 Å². The van der Waals surface area contributed by atoms with Gasteiger partial charge in [-0.05, 0) is 47.2 Å². The summed E-state index contributed by atoms with van der Waals surface area (Å²) in [6.07, 6.45) is 10.0. The summed E-state index contributed by atoms with van der Waals surface area (Å²) in [6.45, 7) is 9.26. The third-order valence-electron chi connectivity index (χ3n) is 7.23. The van der Waals surface area contributed by atoms with Crippen molar-refractivity contribution in [2.24, 2.45) is 5.73 Å². The number of unbranched alkanes of at least 4 members (excludes halogenated alkanes) is 4. The molecule has 2 heterocycles. The number of thiophene rings is 1. The summed E-state index contributed by atoms with van der Waals surface area (Å²) >= 11 is 1.43. The van der Waals surface area contributed by atoms with E-state index in [1.165, 1.54) is 37.0 Å². The Hall–Kier alpha value is -4.04. The van der Waals surface area contributed by atoms with Crippen LogP contribution in [-0.2, 0) is 16.6 Å². The minimum absolute atomic E-state index is 0.0498. The van der Waals surface area contributed by atoms with Gasteiger partial charge < -0.3 is 15.8 Å². The van der Waals surface area contributed by atoms with Crippen LogP contribution in [0.2, 0.25) is 0 Å². The van der Waals surface area contributed by atoms with Crippen molar-refractivity contribution in [1.82, 2.24) is 15.3 Å². The smallest absolute Gasteiger partial charge is 0.262 e. The first-order chi connectivity index (χ1) is 20.6. The summed E-state index contributed by atoms with van der Waals surface area (Å²) in [5.74, 6) is 0.599. The van der Waals surface area contributed by atoms with Gasteiger partial charge in [0.1, 0.15) is 11.8 Å². The second-order valence-electron chi connectivity index (χ2n) is 11.8. The highest BCUT2D eigenvalue weighted by molar-refractivity contribution is 7.14. The van der Waals surface area contributed by atoms with Gasteiger partial charge in [0.15, 0.2) is 5.82 Å². The minimum atomic E-state index is -0.823. The zero-order valence-electron chi connectivity index (χ0n) is 25.6. The predicted molar refractivity (Wildman–Crippen MR) is 174 cm³/mol. The zero-order chi connectivity index (χ0) is 30.8. The summed E-state index contributed by atoms with van der Waals surface area (Å²) in [5, 5.41) is 2.80. The number of carbonyl (C=O) groups is 2. The summed E-state index contributed by atoms with van der Waals surface area (Å²) < 4.78 is 5.87. The SMILES string of the molecule is CCCCCCCOc1ccc(-c2cnc(-c3ccc(CC(NC(=O)c4ccc(C(C)(C)C)s4)C(N)=O)cc3)nc2)cc1. The molecule has 0 saturated carbocycles. The Morgan fingerprint density at radius 2 is 1.51 bits per heavy atom. The topological polar surface area (TPSA) is 107 Å². The maximum atomic E-state index is 12.8. The van der Waals surface area contributed by atoms with Gasteiger partial charge in [0, 0.05) is 34.8 Å². The molecule has 1 atom stereocenters. The molecule has 7 nitrogen and oxygen atoms in total. The number of amides is 2. The molecule has 0 saturated heterocycles. The number of nitrogens with two attached hydrogens (primary N) is 1. The van der Waals surface area contributed by atoms with E-state index in [2.05, 4.69) is 43.0 Å². The average Bonchev–Trinajstić information content (AvgIpc) is 3.51. The van der Waals surface area contributed by atoms with Gasteiger partial charge >= 0.3 is 0 Å². The molecule has 2 amide bonds. The number of benzene rings is 2. The monoisotopic (exact) mass is 598 g/mol. The first kappa shape index (κ1) is 31.9. The van der Waals surface area contributed by atoms with Crippen molar-refractivity contribution in [3.8, 4) is 28.3 Å². The highest BCUT2D eigenvalue weighted by Gasteiger charge is 2.23. The summed E-state index contributed by atoms with van der Waals surface area (Å²) in [7, 11) is 0. The van der Waals surface area contributed by atoms with Crippen molar-refractivity contribution in [1.29, 1.82) is 0 Å². The molecule has 43 heavy (non-hydrogen) atoms. The van der Waals surface area contributed by atoms with Crippen LogP contribution < -0.4 is 15.8 Å². The Bertz CT molecular complexity index is 1470. The minimum Gasteiger partial charge on any atom is -0.494 e. The van der Waals surface area contributed by atoms with Gasteiger partial charge in [-0.3, -0.25) is 9.59 Å². The third-order valence-corrected chi connectivity index (χ3v) is 8.74. The predicted octanol–water partition coefficient (Wildman–Crippen LogP) is 7.35. The molecule has 0 aliphatic heterocycles. The van der Waals surface area contributed by atoms with Crippen molar-refractivity contribution in [2.75, 3.05) is 6.61 Å². The van der Waals surface area contributed by atoms with Crippen LogP contribution in [0.3, 0.4) is 0 Å². The Morgan fingerprint density at radius 1 is 0.860 bits per heavy atom. The van der Waals surface area contributed by atoms with Crippen LogP contribution in [0.1, 0.15) is 79.9 Å². The lowest BCUT2D eigenvalue weighted by Crippen LogP contribution is -2.45. The van der Waals surface area contributed by atoms with E-state index in [1.807, 2.05) is 67.0 Å². The van der Waals surface area contributed by atoms with Gasteiger partial charge in [0.05, 0.1) is 11.5 Å². The molecule has 0 bridgehead atoms. The van der Waals surface area contributed by atoms with E-state index in [1.54, 1.807) is 6.07 Å². The number of carbonyl (C=O) groups excluding carboxylic acids is 2. The molecule has 4 aromatic rings. The molecule has 0 aliphatic carbocycles. The third kappa shape index (κ3) is 9.22. The number of ether oxygens (including phenoxy) is 1. The summed E-state index contributed by atoms with van der Waals surface area (Å²) in [6, 6.07) is 18.6. The molecule has 2 aromatic carbocycles. The van der Waals surface area contributed by atoms with Crippen LogP contribution in [0.4, 0.5) is 0 Å². The maximum absolute atomic E-state index is 12.8. The highest BCUT2D eigenvalue weighted by atomic mass is 32.1. The van der Waals surface area contributed by atoms with Crippen molar-refractivity contribution in [2.45, 2.75) is 77.7 Å². The number of aromatic nitrogens is 2. The molecule has 0 radical (unpaired) electrons. The second kappa shape index (κ2) is 14.9. The van der Waals surface area contributed by atoms with Gasteiger partial charge in [0.2, 0.25) is 5.91 Å². The lowest BCUT2D eigenvalue weighted by atomic mass is 9.95. The Balaban J connectivity index is 1.32. The lowest BCUT2D eigenvalue weighted by Gasteiger charge is -2.16. The van der Waals surface area contributed by atoms with Crippen LogP contribution >= 0.6 is 11.3 Å². The van der Waals surface area contributed by atoms with Crippen LogP contribution in [-0.4, -0.2) is 34.4 Å². The Kier molecular flexibility index (Phi) is 11.1. The molecule has 8 heteroatoms. The molecular formula is C35H42N4O3S. The zero-order valence-corrected chi connectivity index (χ0v) is 26.4. The van der Waals surface area contributed by atoms with E-state index in [4.69, 9.17) is 10.5 Å². The van der Waals surface area contributed by atoms with E-state index < -0.39 is 11.9 Å². The number of hydrogen-bond donors (Lipinski definition) is 2. The molecule has 0 spiro atoms. The summed E-state index contributed by atoms with van der Waals surface area (Å²) in [5.41, 5.74) is 9.26. The van der Waals surface area contributed by atoms with Crippen LogP contribution in [0.15, 0.2) is 73.1 Å². The highest BCUT2D eigenvalue weighted by Crippen LogP contribution is 2.29. The lowest BCUT2D eigenvalue weighted by molar-refractivity contribution is -0.119. The fourth-order valence-electron chi connectivity index (χ4n) is 4.61. The number of rotatable bonds is 14. The Labute approximate surface area is 258 Å². The molecule has 226 valence electrons. The molecule has 0 aliphatic rings. The van der Waals surface area contributed by atoms with Crippen LogP contribution in [0, 0.1) is 0 Å². The second-order valence-corrected chi connectivity index (χ2v) is 12.9. The fraction of sp³-hybridized carbons (Fsp3) is 0.371. The first-order valence-corrected chi connectivity index (χ1v) is 15.8. The quantitative estimate of drug-likeness (QED) is 0.148. The van der Waals surface area contributed by atoms with Gasteiger partial charge in [-0.15, -0.1) is 11.3 Å². The van der Waals surface area contributed by atoms with E-state index in [0.717, 1.165) is 45.9 Å². The van der Waals surface area contributed by atoms with E-state index in [-0.39, 0.29) is 17.7 Å². The fourth-order valence-corrected chi connectivity index (χ4v) is 5.57. The first-order valence-electron chi connectivity index (χ1n) is 15.0. The standard InChI is InChI=1S/C35H42N4O3S/c1-5-6-7-8-9-20-42-28-16-14-25(15-17-28)27-22-37-33(38-23-27)26-12-10-24(11-13-26)21-29(32(36)40)39-34(41)30-18-19-31(43-30)35(2,3)4/h10-19,22-23,29H,5-9,20-21H2,1-4H3,(H2,36,40)(H,39,41). The van der Waals surface area contributed by atoms with Gasteiger partial charge in [-0.1, -0.05) is 89.8 Å². The van der Waals surface area contributed by atoms with E-state index in [9.17, 15) is 9.59 Å². The maximum Gasteiger partial charge on any atom is 0.262 e. The molecule has 0 fully saturated rings.